The summed E-state index contributed by atoms with van der Waals surface area (Å²) in [5, 5.41) is 8.88. The van der Waals surface area contributed by atoms with Crippen molar-refractivity contribution in [2.45, 2.75) is 187 Å². The van der Waals surface area contributed by atoms with Gasteiger partial charge in [0.15, 0.2) is 0 Å². The molecule has 0 heterocycles. The first kappa shape index (κ1) is 51.9. The summed E-state index contributed by atoms with van der Waals surface area (Å²) < 4.78 is 33.3. The number of carbonyl (C=O) groups is 2. The smallest absolute Gasteiger partial charge is 0.472 e. The van der Waals surface area contributed by atoms with Gasteiger partial charge in [-0.1, -0.05) is 146 Å². The quantitative estimate of drug-likeness (QED) is 0.0237. The fourth-order valence-corrected chi connectivity index (χ4v) is 6.33. The first-order valence-corrected chi connectivity index (χ1v) is 22.7. The van der Waals surface area contributed by atoms with Crippen LogP contribution in [-0.2, 0) is 32.7 Å². The van der Waals surface area contributed by atoms with Gasteiger partial charge < -0.3 is 25.2 Å². The second-order valence-electron chi connectivity index (χ2n) is 14.1. The van der Waals surface area contributed by atoms with Crippen LogP contribution in [0.3, 0.4) is 0 Å². The number of ether oxygens (including phenoxy) is 2. The van der Waals surface area contributed by atoms with Gasteiger partial charge in [0, 0.05) is 13.0 Å². The second kappa shape index (κ2) is 39.2. The fourth-order valence-electron chi connectivity index (χ4n) is 5.55. The number of allylic oxidation sites excluding steroid dienone is 8. The maximum atomic E-state index is 12.6. The van der Waals surface area contributed by atoms with Gasteiger partial charge in [-0.3, -0.25) is 18.6 Å². The SMILES string of the molecule is CC/C=C\C/C=C\C/C=C\CCCCCC(=O)OC(COCCCCCCCCCC/C=C\CCCCCCCCC)COP(=O)(O)OCC(N)C(=O)O. The second-order valence-corrected chi connectivity index (χ2v) is 15.5. The Kier molecular flexibility index (Phi) is 37.7. The highest BCUT2D eigenvalue weighted by Crippen LogP contribution is 2.43. The summed E-state index contributed by atoms with van der Waals surface area (Å²) in [6.07, 6.45) is 44.6. The van der Waals surface area contributed by atoms with Crippen molar-refractivity contribution in [3.63, 3.8) is 0 Å². The van der Waals surface area contributed by atoms with Gasteiger partial charge in [-0.2, -0.15) is 0 Å². The Bertz CT molecular complexity index is 1050. The lowest BCUT2D eigenvalue weighted by atomic mass is 10.1. The highest BCUT2D eigenvalue weighted by molar-refractivity contribution is 7.47. The minimum Gasteiger partial charge on any atom is -0.480 e. The van der Waals surface area contributed by atoms with Crippen molar-refractivity contribution in [2.75, 3.05) is 26.4 Å². The number of hydrogen-bond acceptors (Lipinski definition) is 8. The van der Waals surface area contributed by atoms with Crippen LogP contribution in [-0.4, -0.2) is 60.5 Å². The van der Waals surface area contributed by atoms with Crippen molar-refractivity contribution in [2.24, 2.45) is 5.73 Å². The van der Waals surface area contributed by atoms with E-state index in [9.17, 15) is 19.0 Å². The van der Waals surface area contributed by atoms with E-state index in [1.165, 1.54) is 89.9 Å². The van der Waals surface area contributed by atoms with Crippen LogP contribution >= 0.6 is 7.82 Å². The summed E-state index contributed by atoms with van der Waals surface area (Å²) in [5.41, 5.74) is 5.35. The van der Waals surface area contributed by atoms with E-state index in [-0.39, 0.29) is 13.0 Å². The van der Waals surface area contributed by atoms with Crippen molar-refractivity contribution < 1.29 is 42.7 Å². The predicted octanol–water partition coefficient (Wildman–Crippen LogP) is 11.5. The molecule has 10 nitrogen and oxygen atoms in total. The lowest BCUT2D eigenvalue weighted by Crippen LogP contribution is -2.34. The van der Waals surface area contributed by atoms with E-state index in [2.05, 4.69) is 62.5 Å². The molecule has 0 saturated heterocycles. The molecule has 3 unspecified atom stereocenters. The molecule has 0 aromatic rings. The molecule has 0 amide bonds. The Hall–Kier alpha value is -2.07. The molecule has 0 aliphatic rings. The Labute approximate surface area is 329 Å². The lowest BCUT2D eigenvalue weighted by molar-refractivity contribution is -0.154. The number of nitrogens with two attached hydrogens (primary N) is 1. The molecular weight excluding hydrogens is 705 g/mol. The molecule has 0 rings (SSSR count). The van der Waals surface area contributed by atoms with Crippen LogP contribution in [0.5, 0.6) is 0 Å². The molecule has 0 fully saturated rings. The first-order valence-electron chi connectivity index (χ1n) is 21.2. The molecule has 0 saturated carbocycles. The van der Waals surface area contributed by atoms with Crippen molar-refractivity contribution >= 4 is 19.8 Å². The lowest BCUT2D eigenvalue weighted by Gasteiger charge is -2.20. The van der Waals surface area contributed by atoms with Crippen molar-refractivity contribution in [1.29, 1.82) is 0 Å². The average Bonchev–Trinajstić information content (AvgIpc) is 3.15. The third-order valence-corrected chi connectivity index (χ3v) is 9.79. The zero-order valence-corrected chi connectivity index (χ0v) is 35.0. The van der Waals surface area contributed by atoms with Crippen molar-refractivity contribution in [3.8, 4) is 0 Å². The van der Waals surface area contributed by atoms with Crippen LogP contribution in [0.25, 0.3) is 0 Å². The van der Waals surface area contributed by atoms with E-state index in [1.54, 1.807) is 0 Å². The zero-order valence-electron chi connectivity index (χ0n) is 34.1. The van der Waals surface area contributed by atoms with Gasteiger partial charge in [-0.25, -0.2) is 4.57 Å². The molecule has 0 aliphatic heterocycles. The number of carboxylic acid groups (broad SMARTS) is 1. The number of carboxylic acids is 1. The molecule has 4 N–H and O–H groups in total. The van der Waals surface area contributed by atoms with Crippen LogP contribution in [0.4, 0.5) is 0 Å². The Morgan fingerprint density at radius 3 is 1.63 bits per heavy atom. The summed E-state index contributed by atoms with van der Waals surface area (Å²) >= 11 is 0. The number of unbranched alkanes of at least 4 members (excludes halogenated alkanes) is 18. The number of phosphoric acid groups is 1. The summed E-state index contributed by atoms with van der Waals surface area (Å²) in [5.74, 6) is -1.81. The summed E-state index contributed by atoms with van der Waals surface area (Å²) in [7, 11) is -4.62. The minimum atomic E-state index is -4.62. The molecule has 0 spiro atoms. The van der Waals surface area contributed by atoms with Crippen LogP contribution in [0.1, 0.15) is 174 Å². The van der Waals surface area contributed by atoms with E-state index in [0.29, 0.717) is 13.0 Å². The normalized spacial score (nSPS) is 14.4. The molecule has 0 aromatic heterocycles. The third kappa shape index (κ3) is 38.2. The highest BCUT2D eigenvalue weighted by Gasteiger charge is 2.27. The Morgan fingerprint density at radius 2 is 1.07 bits per heavy atom. The van der Waals surface area contributed by atoms with Crippen molar-refractivity contribution in [3.05, 3.63) is 48.6 Å². The topological polar surface area (TPSA) is 155 Å². The van der Waals surface area contributed by atoms with Gasteiger partial charge in [0.05, 0.1) is 19.8 Å². The summed E-state index contributed by atoms with van der Waals surface area (Å²) in [4.78, 5) is 33.5. The van der Waals surface area contributed by atoms with E-state index in [4.69, 9.17) is 29.4 Å². The monoisotopic (exact) mass is 784 g/mol. The van der Waals surface area contributed by atoms with Crippen molar-refractivity contribution in [1.82, 2.24) is 0 Å². The van der Waals surface area contributed by atoms with Gasteiger partial charge >= 0.3 is 19.8 Å². The molecule has 11 heteroatoms. The molecule has 0 radical (unpaired) electrons. The number of hydrogen-bond donors (Lipinski definition) is 3. The van der Waals surface area contributed by atoms with Gasteiger partial charge in [-0.15, -0.1) is 0 Å². The van der Waals surface area contributed by atoms with Gasteiger partial charge in [0.25, 0.3) is 0 Å². The van der Waals surface area contributed by atoms with E-state index >= 15 is 0 Å². The molecule has 54 heavy (non-hydrogen) atoms. The predicted molar refractivity (Wildman–Crippen MR) is 221 cm³/mol. The molecule has 0 bridgehead atoms. The zero-order chi connectivity index (χ0) is 39.8. The van der Waals surface area contributed by atoms with Gasteiger partial charge in [0.1, 0.15) is 12.1 Å². The fraction of sp³-hybridized carbons (Fsp3) is 0.767. The van der Waals surface area contributed by atoms with Crippen LogP contribution in [0, 0.1) is 0 Å². The molecule has 0 aromatic carbocycles. The van der Waals surface area contributed by atoms with E-state index < -0.39 is 45.1 Å². The molecule has 0 aliphatic carbocycles. The average molecular weight is 784 g/mol. The van der Waals surface area contributed by atoms with Gasteiger partial charge in [-0.05, 0) is 70.6 Å². The van der Waals surface area contributed by atoms with Crippen LogP contribution in [0.2, 0.25) is 0 Å². The molecular formula is C43H78NO9P. The van der Waals surface area contributed by atoms with Crippen LogP contribution < -0.4 is 5.73 Å². The number of phosphoric ester groups is 1. The highest BCUT2D eigenvalue weighted by atomic mass is 31.2. The summed E-state index contributed by atoms with van der Waals surface area (Å²) in [6, 6.07) is -1.48. The number of aliphatic carboxylic acids is 1. The third-order valence-electron chi connectivity index (χ3n) is 8.84. The maximum Gasteiger partial charge on any atom is 0.472 e. The van der Waals surface area contributed by atoms with E-state index in [0.717, 1.165) is 57.8 Å². The Balaban J connectivity index is 4.26. The maximum absolute atomic E-state index is 12.6. The first-order chi connectivity index (χ1) is 26.2. The molecule has 314 valence electrons. The standard InChI is InChI=1S/C43H78NO9P/c1-3-5-7-9-11-13-15-17-18-19-20-21-22-24-26-28-30-32-34-36-50-37-40(38-51-54(48,49)52-39-41(44)43(46)47)53-42(45)35-33-31-29-27-25-23-16-14-12-10-8-6-4-2/h6,8,12,14,18-19,23,25,40-41H,3-5,7,9-11,13,15-17,20-22,24,26-39,44H2,1-2H3,(H,46,47)(H,48,49)/b8-6-,14-12-,19-18-,25-23-. The largest absolute Gasteiger partial charge is 0.480 e. The molecule has 3 atom stereocenters. The number of carbonyl (C=O) groups excluding carboxylic acids is 1. The number of esters is 1. The van der Waals surface area contributed by atoms with Crippen LogP contribution in [0.15, 0.2) is 48.6 Å². The number of rotatable bonds is 40. The van der Waals surface area contributed by atoms with E-state index in [1.807, 2.05) is 0 Å². The van der Waals surface area contributed by atoms with Gasteiger partial charge in [0.2, 0.25) is 0 Å². The Morgan fingerprint density at radius 1 is 0.611 bits per heavy atom. The minimum absolute atomic E-state index is 0.00199. The summed E-state index contributed by atoms with van der Waals surface area (Å²) in [6.45, 7) is 3.71.